The fourth-order valence-corrected chi connectivity index (χ4v) is 5.38. The molecule has 0 amide bonds. The number of para-hydroxylation sites is 1. The summed E-state index contributed by atoms with van der Waals surface area (Å²) in [7, 11) is 0. The maximum Gasteiger partial charge on any atom is 0.387 e. The van der Waals surface area contributed by atoms with Gasteiger partial charge in [0.05, 0.1) is 0 Å². The van der Waals surface area contributed by atoms with Crippen LogP contribution in [0.5, 0.6) is 17.2 Å². The first-order valence-electron chi connectivity index (χ1n) is 13.2. The maximum absolute atomic E-state index is 15.9. The lowest BCUT2D eigenvalue weighted by Crippen LogP contribution is -2.16. The van der Waals surface area contributed by atoms with Gasteiger partial charge in [0.15, 0.2) is 11.6 Å². The zero-order chi connectivity index (χ0) is 26.4. The summed E-state index contributed by atoms with van der Waals surface area (Å²) in [5.74, 6) is -0.220. The van der Waals surface area contributed by atoms with E-state index < -0.39 is 18.2 Å². The number of rotatable bonds is 10. The van der Waals surface area contributed by atoms with Crippen LogP contribution in [0.15, 0.2) is 54.6 Å². The molecule has 1 fully saturated rings. The summed E-state index contributed by atoms with van der Waals surface area (Å²) in [5, 5.41) is 0. The summed E-state index contributed by atoms with van der Waals surface area (Å²) in [6.45, 7) is 0.922. The van der Waals surface area contributed by atoms with Crippen LogP contribution in [0.4, 0.5) is 17.6 Å². The van der Waals surface area contributed by atoms with Gasteiger partial charge in [0, 0.05) is 11.1 Å². The molecule has 0 radical (unpaired) electrons. The summed E-state index contributed by atoms with van der Waals surface area (Å²) < 4.78 is 66.5. The third-order valence-electron chi connectivity index (χ3n) is 7.36. The van der Waals surface area contributed by atoms with E-state index in [2.05, 4.69) is 11.7 Å². The number of hydrogen-bond acceptors (Lipinski definition) is 2. The molecule has 1 aliphatic rings. The summed E-state index contributed by atoms with van der Waals surface area (Å²) in [5.41, 5.74) is 1.85. The minimum absolute atomic E-state index is 0.0200. The van der Waals surface area contributed by atoms with Crippen LogP contribution in [0.2, 0.25) is 0 Å². The smallest absolute Gasteiger partial charge is 0.387 e. The lowest BCUT2D eigenvalue weighted by Gasteiger charge is -2.30. The molecule has 0 atom stereocenters. The molecule has 3 aromatic carbocycles. The molecule has 37 heavy (non-hydrogen) atoms. The Kier molecular flexibility index (Phi) is 9.12. The molecule has 0 aromatic heterocycles. The molecule has 4 rings (SSSR count). The zero-order valence-corrected chi connectivity index (χ0v) is 21.4. The van der Waals surface area contributed by atoms with Gasteiger partial charge < -0.3 is 9.47 Å². The Morgan fingerprint density at radius 1 is 0.919 bits per heavy atom. The van der Waals surface area contributed by atoms with Crippen LogP contribution in [-0.2, 0) is 0 Å². The second-order valence-electron chi connectivity index (χ2n) is 9.95. The third kappa shape index (κ3) is 6.65. The third-order valence-corrected chi connectivity index (χ3v) is 7.36. The fourth-order valence-electron chi connectivity index (χ4n) is 5.38. The molecular weight excluding hydrogens is 480 g/mol. The van der Waals surface area contributed by atoms with E-state index in [0.717, 1.165) is 25.7 Å². The summed E-state index contributed by atoms with van der Waals surface area (Å²) in [6.07, 6.45) is 8.37. The van der Waals surface area contributed by atoms with E-state index in [1.807, 2.05) is 6.07 Å². The van der Waals surface area contributed by atoms with Gasteiger partial charge in [-0.2, -0.15) is 8.78 Å². The second kappa shape index (κ2) is 12.5. The summed E-state index contributed by atoms with van der Waals surface area (Å²) in [4.78, 5) is 0. The van der Waals surface area contributed by atoms with Crippen LogP contribution < -0.4 is 9.47 Å². The van der Waals surface area contributed by atoms with E-state index >= 15 is 8.78 Å². The van der Waals surface area contributed by atoms with Crippen molar-refractivity contribution in [1.82, 2.24) is 0 Å². The lowest BCUT2D eigenvalue weighted by molar-refractivity contribution is -0.0498. The minimum Gasteiger partial charge on any atom is -0.453 e. The van der Waals surface area contributed by atoms with Gasteiger partial charge in [0.1, 0.15) is 17.3 Å². The van der Waals surface area contributed by atoms with Gasteiger partial charge in [-0.05, 0) is 79.8 Å². The molecule has 0 unspecified atom stereocenters. The maximum atomic E-state index is 15.9. The molecule has 2 nitrogen and oxygen atoms in total. The lowest BCUT2D eigenvalue weighted by atomic mass is 9.76. The predicted octanol–water partition coefficient (Wildman–Crippen LogP) is 10.2. The highest BCUT2D eigenvalue weighted by atomic mass is 19.3. The largest absolute Gasteiger partial charge is 0.453 e. The zero-order valence-electron chi connectivity index (χ0n) is 21.4. The standard InChI is InChI=1S/C31H34F4O2/c1-3-4-5-8-21-11-13-23(14-12-21)28-26(32)19-20(2)30(29(28)33)37-27-10-7-6-9-25(27)22-15-17-24(18-16-22)36-31(34)35/h6-7,9-10,15-19,21,23,31H,3-5,8,11-14H2,1-2H3/t21-,23-. The first kappa shape index (κ1) is 27.0. The van der Waals surface area contributed by atoms with Gasteiger partial charge in [0.2, 0.25) is 0 Å². The van der Waals surface area contributed by atoms with Crippen LogP contribution in [-0.4, -0.2) is 6.61 Å². The van der Waals surface area contributed by atoms with Gasteiger partial charge in [-0.3, -0.25) is 0 Å². The number of halogens is 4. The summed E-state index contributed by atoms with van der Waals surface area (Å²) >= 11 is 0. The molecule has 0 spiro atoms. The molecule has 0 N–H and O–H groups in total. The minimum atomic E-state index is -2.91. The van der Waals surface area contributed by atoms with Gasteiger partial charge in [-0.25, -0.2) is 8.78 Å². The first-order chi connectivity index (χ1) is 17.9. The predicted molar refractivity (Wildman–Crippen MR) is 139 cm³/mol. The number of hydrogen-bond donors (Lipinski definition) is 0. The molecule has 0 bridgehead atoms. The highest BCUT2D eigenvalue weighted by Gasteiger charge is 2.29. The molecule has 1 saturated carbocycles. The molecular formula is C31H34F4O2. The highest BCUT2D eigenvalue weighted by Crippen LogP contribution is 2.44. The molecule has 0 heterocycles. The van der Waals surface area contributed by atoms with Crippen molar-refractivity contribution in [3.05, 3.63) is 77.4 Å². The van der Waals surface area contributed by atoms with Crippen LogP contribution >= 0.6 is 0 Å². The number of unbranched alkanes of at least 4 members (excludes halogenated alkanes) is 2. The molecule has 198 valence electrons. The van der Waals surface area contributed by atoms with E-state index in [0.29, 0.717) is 28.4 Å². The van der Waals surface area contributed by atoms with Crippen LogP contribution in [0, 0.1) is 24.5 Å². The van der Waals surface area contributed by atoms with Crippen LogP contribution in [0.1, 0.15) is 75.3 Å². The second-order valence-corrected chi connectivity index (χ2v) is 9.95. The Bertz CT molecular complexity index is 1170. The quantitative estimate of drug-likeness (QED) is 0.198. The van der Waals surface area contributed by atoms with E-state index in [1.165, 1.54) is 43.9 Å². The van der Waals surface area contributed by atoms with E-state index in [1.54, 1.807) is 37.3 Å². The Morgan fingerprint density at radius 3 is 2.30 bits per heavy atom. The number of aryl methyl sites for hydroxylation is 1. The number of benzene rings is 3. The fraction of sp³-hybridized carbons (Fsp3) is 0.419. The number of alkyl halides is 2. The Balaban J connectivity index is 1.56. The van der Waals surface area contributed by atoms with Crippen molar-refractivity contribution in [2.75, 3.05) is 0 Å². The van der Waals surface area contributed by atoms with Gasteiger partial charge in [0.25, 0.3) is 0 Å². The van der Waals surface area contributed by atoms with Crippen LogP contribution in [0.25, 0.3) is 11.1 Å². The highest BCUT2D eigenvalue weighted by molar-refractivity contribution is 5.71. The molecule has 6 heteroatoms. The topological polar surface area (TPSA) is 18.5 Å². The van der Waals surface area contributed by atoms with Crippen molar-refractivity contribution in [2.45, 2.75) is 77.7 Å². The average Bonchev–Trinajstić information content (AvgIpc) is 2.88. The van der Waals surface area contributed by atoms with Crippen molar-refractivity contribution in [2.24, 2.45) is 5.92 Å². The van der Waals surface area contributed by atoms with Crippen molar-refractivity contribution >= 4 is 0 Å². The monoisotopic (exact) mass is 514 g/mol. The molecule has 1 aliphatic carbocycles. The molecule has 0 saturated heterocycles. The Labute approximate surface area is 216 Å². The van der Waals surface area contributed by atoms with Crippen molar-refractivity contribution in [1.29, 1.82) is 0 Å². The van der Waals surface area contributed by atoms with Crippen molar-refractivity contribution < 1.29 is 27.0 Å². The summed E-state index contributed by atoms with van der Waals surface area (Å²) in [6, 6.07) is 14.6. The first-order valence-corrected chi connectivity index (χ1v) is 13.2. The van der Waals surface area contributed by atoms with Crippen molar-refractivity contribution in [3.63, 3.8) is 0 Å². The number of ether oxygens (including phenoxy) is 2. The molecule has 0 aliphatic heterocycles. The van der Waals surface area contributed by atoms with Gasteiger partial charge in [-0.15, -0.1) is 0 Å². The SMILES string of the molecule is CCCCC[C@H]1CC[C@H](c2c(F)cc(C)c(Oc3ccccc3-c3ccc(OC(F)F)cc3)c2F)CC1. The van der Waals surface area contributed by atoms with E-state index in [9.17, 15) is 8.78 Å². The van der Waals surface area contributed by atoms with E-state index in [4.69, 9.17) is 4.74 Å². The molecule has 3 aromatic rings. The van der Waals surface area contributed by atoms with E-state index in [-0.39, 0.29) is 23.0 Å². The van der Waals surface area contributed by atoms with Gasteiger partial charge >= 0.3 is 6.61 Å². The van der Waals surface area contributed by atoms with Crippen molar-refractivity contribution in [3.8, 4) is 28.4 Å². The normalized spacial score (nSPS) is 17.7. The Hall–Kier alpha value is -3.02. The Morgan fingerprint density at radius 2 is 1.62 bits per heavy atom. The average molecular weight is 515 g/mol. The van der Waals surface area contributed by atoms with Crippen LogP contribution in [0.3, 0.4) is 0 Å². The van der Waals surface area contributed by atoms with Gasteiger partial charge in [-0.1, -0.05) is 62.9 Å².